The number of rotatable bonds is 4. The Bertz CT molecular complexity index is 453. The molecule has 86 valence electrons. The van der Waals surface area contributed by atoms with Crippen LogP contribution in [0.3, 0.4) is 0 Å². The van der Waals surface area contributed by atoms with Gasteiger partial charge < -0.3 is 15.2 Å². The number of carboxylic acid groups (broad SMARTS) is 1. The summed E-state index contributed by atoms with van der Waals surface area (Å²) in [6.45, 7) is 1.16. The third kappa shape index (κ3) is 4.51. The van der Waals surface area contributed by atoms with Gasteiger partial charge in [0.05, 0.1) is 22.5 Å². The predicted octanol–water partition coefficient (Wildman–Crippen LogP) is -2.28. The fourth-order valence-corrected chi connectivity index (χ4v) is 1.29. The number of aryl methyl sites for hydroxylation is 1. The molecule has 0 atom stereocenters. The Balaban J connectivity index is 0.00000256. The summed E-state index contributed by atoms with van der Waals surface area (Å²) in [7, 11) is 0. The van der Waals surface area contributed by atoms with E-state index >= 15 is 0 Å². The van der Waals surface area contributed by atoms with Crippen molar-refractivity contribution in [2.24, 2.45) is 0 Å². The molecule has 0 unspecified atom stereocenters. The number of benzene rings is 1. The molecule has 0 fully saturated rings. The average Bonchev–Trinajstić information content (AvgIpc) is 2.18. The maximum atomic E-state index is 10.7. The second kappa shape index (κ2) is 6.80. The number of aliphatic carboxylic acids is 1. The molecule has 0 saturated heterocycles. The van der Waals surface area contributed by atoms with Gasteiger partial charge in [-0.15, -0.1) is 0 Å². The number of halogens is 1. The first-order valence-electron chi connectivity index (χ1n) is 4.30. The van der Waals surface area contributed by atoms with Gasteiger partial charge in [-0.25, -0.2) is 0 Å². The van der Waals surface area contributed by atoms with E-state index < -0.39 is 17.4 Å². The summed E-state index contributed by atoms with van der Waals surface area (Å²) < 4.78 is 0. The van der Waals surface area contributed by atoms with Crippen molar-refractivity contribution in [3.8, 4) is 0 Å². The molecule has 0 bridgehead atoms. The summed E-state index contributed by atoms with van der Waals surface area (Å²) in [5, 5.41) is 23.6. The van der Waals surface area contributed by atoms with E-state index in [1.54, 1.807) is 6.92 Å². The Labute approximate surface area is 124 Å². The topological polar surface area (TPSA) is 95.3 Å². The monoisotopic (exact) mass is 266 g/mol. The van der Waals surface area contributed by atoms with Gasteiger partial charge in [0.15, 0.2) is 0 Å². The van der Waals surface area contributed by atoms with Crippen LogP contribution in [0.5, 0.6) is 0 Å². The Morgan fingerprint density at radius 2 is 2.12 bits per heavy atom. The summed E-state index contributed by atoms with van der Waals surface area (Å²) in [5.41, 5.74) is 0.459. The van der Waals surface area contributed by atoms with Crippen molar-refractivity contribution >= 4 is 28.9 Å². The number of nitro benzene ring substituents is 1. The van der Waals surface area contributed by atoms with Crippen molar-refractivity contribution in [3.05, 3.63) is 32.8 Å². The maximum Gasteiger partial charge on any atom is 1.00 e. The van der Waals surface area contributed by atoms with Crippen LogP contribution in [0.1, 0.15) is 5.56 Å². The quantitative estimate of drug-likeness (QED) is 0.376. The molecule has 0 aromatic heterocycles. The van der Waals surface area contributed by atoms with Crippen LogP contribution in [0.2, 0.25) is 5.02 Å². The van der Waals surface area contributed by atoms with Gasteiger partial charge in [0.25, 0.3) is 5.69 Å². The molecule has 0 amide bonds. The van der Waals surface area contributed by atoms with Crippen LogP contribution < -0.4 is 40.0 Å². The number of carboxylic acids is 1. The number of nitro groups is 1. The van der Waals surface area contributed by atoms with Crippen LogP contribution in [0, 0.1) is 17.0 Å². The van der Waals surface area contributed by atoms with E-state index in [1.165, 1.54) is 12.1 Å². The third-order valence-electron chi connectivity index (χ3n) is 1.90. The summed E-state index contributed by atoms with van der Waals surface area (Å²) in [4.78, 5) is 20.3. The fraction of sp³-hybridized carbons (Fsp3) is 0.222. The van der Waals surface area contributed by atoms with Crippen molar-refractivity contribution in [1.29, 1.82) is 0 Å². The molecule has 0 saturated carbocycles. The van der Waals surface area contributed by atoms with Crippen molar-refractivity contribution in [1.82, 2.24) is 0 Å². The molecule has 1 aromatic carbocycles. The van der Waals surface area contributed by atoms with Crippen LogP contribution in [0.25, 0.3) is 0 Å². The van der Waals surface area contributed by atoms with Crippen LogP contribution in [-0.4, -0.2) is 17.4 Å². The van der Waals surface area contributed by atoms with Crippen molar-refractivity contribution in [2.45, 2.75) is 6.92 Å². The first-order valence-corrected chi connectivity index (χ1v) is 4.68. The summed E-state index contributed by atoms with van der Waals surface area (Å²) in [5.74, 6) is -1.35. The third-order valence-corrected chi connectivity index (χ3v) is 2.30. The Morgan fingerprint density at radius 3 is 2.59 bits per heavy atom. The molecule has 0 aliphatic carbocycles. The van der Waals surface area contributed by atoms with Crippen LogP contribution >= 0.6 is 11.6 Å². The van der Waals surface area contributed by atoms with E-state index in [0.29, 0.717) is 5.56 Å². The fourth-order valence-electron chi connectivity index (χ4n) is 1.13. The van der Waals surface area contributed by atoms with Gasteiger partial charge in [0.1, 0.15) is 5.69 Å². The summed E-state index contributed by atoms with van der Waals surface area (Å²) in [6, 6.07) is 2.60. The Hall–Kier alpha value is -0.820. The molecule has 1 rings (SSSR count). The smallest absolute Gasteiger partial charge is 0.548 e. The van der Waals surface area contributed by atoms with Gasteiger partial charge in [-0.05, 0) is 18.6 Å². The first-order chi connectivity index (χ1) is 7.41. The standard InChI is InChI=1S/C9H9ClN2O4.Na/c1-5-2-7(11-4-9(13)14)8(12(15)16)3-6(5)10;/h2-3,11H,4H2,1H3,(H,13,14);/q;+1/p-1. The number of carbonyl (C=O) groups is 1. The minimum atomic E-state index is -1.35. The first kappa shape index (κ1) is 16.2. The van der Waals surface area contributed by atoms with Gasteiger partial charge in [-0.3, -0.25) is 10.1 Å². The van der Waals surface area contributed by atoms with Crippen LogP contribution in [0.15, 0.2) is 12.1 Å². The van der Waals surface area contributed by atoms with Crippen LogP contribution in [-0.2, 0) is 4.79 Å². The molecule has 0 aliphatic heterocycles. The Kier molecular flexibility index (Phi) is 6.48. The van der Waals surface area contributed by atoms with E-state index in [1.807, 2.05) is 0 Å². The van der Waals surface area contributed by atoms with Crippen molar-refractivity contribution < 1.29 is 44.4 Å². The molecule has 8 heteroatoms. The molecule has 1 aromatic rings. The predicted molar refractivity (Wildman–Crippen MR) is 56.3 cm³/mol. The normalized spacial score (nSPS) is 9.29. The molecule has 0 spiro atoms. The Morgan fingerprint density at radius 1 is 1.53 bits per heavy atom. The molecule has 17 heavy (non-hydrogen) atoms. The van der Waals surface area contributed by atoms with Gasteiger partial charge in [0, 0.05) is 6.07 Å². The van der Waals surface area contributed by atoms with E-state index in [2.05, 4.69) is 5.32 Å². The molecular weight excluding hydrogens is 259 g/mol. The SMILES string of the molecule is Cc1cc(NCC(=O)[O-])c([N+](=O)[O-])cc1Cl.[Na+]. The van der Waals surface area contributed by atoms with E-state index in [4.69, 9.17) is 11.6 Å². The zero-order valence-corrected chi connectivity index (χ0v) is 12.1. The number of anilines is 1. The van der Waals surface area contributed by atoms with Crippen molar-refractivity contribution in [3.63, 3.8) is 0 Å². The van der Waals surface area contributed by atoms with E-state index in [0.717, 1.165) is 0 Å². The number of nitrogens with one attached hydrogen (secondary N) is 1. The molecule has 0 heterocycles. The van der Waals surface area contributed by atoms with Gasteiger partial charge in [-0.1, -0.05) is 11.6 Å². The molecular formula is C9H8ClN2NaO4. The van der Waals surface area contributed by atoms with E-state index in [9.17, 15) is 20.0 Å². The molecule has 0 radical (unpaired) electrons. The zero-order valence-electron chi connectivity index (χ0n) is 9.32. The molecule has 6 nitrogen and oxygen atoms in total. The zero-order chi connectivity index (χ0) is 12.3. The minimum absolute atomic E-state index is 0. The van der Waals surface area contributed by atoms with Crippen molar-refractivity contribution in [2.75, 3.05) is 11.9 Å². The number of hydrogen-bond donors (Lipinski definition) is 1. The second-order valence-corrected chi connectivity index (χ2v) is 3.51. The number of carbonyl (C=O) groups excluding carboxylic acids is 1. The maximum absolute atomic E-state index is 10.7. The van der Waals surface area contributed by atoms with Crippen LogP contribution in [0.4, 0.5) is 11.4 Å². The molecule has 0 aliphatic rings. The number of nitrogens with zero attached hydrogens (tertiary/aromatic N) is 1. The van der Waals surface area contributed by atoms with Gasteiger partial charge in [0.2, 0.25) is 0 Å². The van der Waals surface area contributed by atoms with E-state index in [-0.39, 0.29) is 46.0 Å². The number of hydrogen-bond acceptors (Lipinski definition) is 5. The minimum Gasteiger partial charge on any atom is -0.548 e. The van der Waals surface area contributed by atoms with Gasteiger partial charge >= 0.3 is 29.6 Å². The summed E-state index contributed by atoms with van der Waals surface area (Å²) in [6.07, 6.45) is 0. The summed E-state index contributed by atoms with van der Waals surface area (Å²) >= 11 is 5.73. The van der Waals surface area contributed by atoms with Gasteiger partial charge in [-0.2, -0.15) is 0 Å². The molecule has 1 N–H and O–H groups in total. The average molecular weight is 267 g/mol. The second-order valence-electron chi connectivity index (χ2n) is 3.10. The largest absolute Gasteiger partial charge is 1.00 e.